The first-order valence-electron chi connectivity index (χ1n) is 7.49. The second kappa shape index (κ2) is 7.97. The van der Waals surface area contributed by atoms with Crippen LogP contribution in [0.1, 0.15) is 35.7 Å². The van der Waals surface area contributed by atoms with Gasteiger partial charge in [-0.3, -0.25) is 9.59 Å². The lowest BCUT2D eigenvalue weighted by molar-refractivity contribution is -0.118. The normalized spacial score (nSPS) is 10.5. The Bertz CT molecular complexity index is 760. The zero-order chi connectivity index (χ0) is 17.7. The van der Waals surface area contributed by atoms with E-state index >= 15 is 0 Å². The molecule has 0 saturated carbocycles. The minimum atomic E-state index is -0.598. The van der Waals surface area contributed by atoms with Crippen molar-refractivity contribution in [3.63, 3.8) is 0 Å². The second-order valence-electron chi connectivity index (χ2n) is 5.59. The van der Waals surface area contributed by atoms with Crippen LogP contribution >= 0.6 is 15.9 Å². The number of nitrogens with two attached hydrogens (primary N) is 1. The van der Waals surface area contributed by atoms with E-state index in [4.69, 9.17) is 10.5 Å². The number of anilines is 1. The molecule has 0 aromatic heterocycles. The number of carbonyl (C=O) groups is 2. The van der Waals surface area contributed by atoms with Crippen LogP contribution in [-0.2, 0) is 4.79 Å². The van der Waals surface area contributed by atoms with Gasteiger partial charge in [0.05, 0.1) is 15.7 Å². The van der Waals surface area contributed by atoms with Crippen molar-refractivity contribution in [2.75, 3.05) is 11.9 Å². The molecule has 24 heavy (non-hydrogen) atoms. The molecule has 5 nitrogen and oxygen atoms in total. The van der Waals surface area contributed by atoms with Gasteiger partial charge in [0.15, 0.2) is 6.61 Å². The molecular weight excluding hydrogens is 372 g/mol. The van der Waals surface area contributed by atoms with Crippen LogP contribution in [0.4, 0.5) is 5.69 Å². The maximum Gasteiger partial charge on any atom is 0.262 e. The molecule has 0 aliphatic heterocycles. The first-order valence-corrected chi connectivity index (χ1v) is 8.28. The molecule has 2 aromatic carbocycles. The van der Waals surface area contributed by atoms with Crippen molar-refractivity contribution < 1.29 is 14.3 Å². The minimum Gasteiger partial charge on any atom is -0.483 e. The van der Waals surface area contributed by atoms with Gasteiger partial charge in [0.1, 0.15) is 5.75 Å². The van der Waals surface area contributed by atoms with Gasteiger partial charge in [-0.1, -0.05) is 32.0 Å². The van der Waals surface area contributed by atoms with Crippen molar-refractivity contribution in [3.05, 3.63) is 58.1 Å². The number of amides is 2. The van der Waals surface area contributed by atoms with E-state index in [0.29, 0.717) is 17.4 Å². The summed E-state index contributed by atoms with van der Waals surface area (Å²) in [5.41, 5.74) is 7.09. The van der Waals surface area contributed by atoms with Crippen LogP contribution in [0, 0.1) is 0 Å². The highest BCUT2D eigenvalue weighted by molar-refractivity contribution is 9.10. The Morgan fingerprint density at radius 2 is 1.92 bits per heavy atom. The Hall–Kier alpha value is -2.34. The van der Waals surface area contributed by atoms with Crippen molar-refractivity contribution in [1.29, 1.82) is 0 Å². The first kappa shape index (κ1) is 18.0. The predicted octanol–water partition coefficient (Wildman–Crippen LogP) is 3.69. The highest BCUT2D eigenvalue weighted by Gasteiger charge is 2.12. The topological polar surface area (TPSA) is 81.4 Å². The molecule has 0 saturated heterocycles. The monoisotopic (exact) mass is 390 g/mol. The van der Waals surface area contributed by atoms with Gasteiger partial charge < -0.3 is 15.8 Å². The van der Waals surface area contributed by atoms with Crippen LogP contribution in [0.25, 0.3) is 0 Å². The van der Waals surface area contributed by atoms with Gasteiger partial charge in [0.2, 0.25) is 0 Å². The Morgan fingerprint density at radius 3 is 2.54 bits per heavy atom. The summed E-state index contributed by atoms with van der Waals surface area (Å²) in [6, 6.07) is 12.3. The molecular formula is C18H19BrN2O3. The van der Waals surface area contributed by atoms with Crippen molar-refractivity contribution in [2.24, 2.45) is 5.73 Å². The lowest BCUT2D eigenvalue weighted by Gasteiger charge is -2.12. The summed E-state index contributed by atoms with van der Waals surface area (Å²) in [5, 5.41) is 2.63. The minimum absolute atomic E-state index is 0.174. The lowest BCUT2D eigenvalue weighted by atomic mass is 10.0. The fourth-order valence-electron chi connectivity index (χ4n) is 2.13. The molecule has 3 N–H and O–H groups in total. The molecule has 0 bridgehead atoms. The molecule has 6 heteroatoms. The molecule has 0 unspecified atom stereocenters. The first-order chi connectivity index (χ1) is 11.4. The summed E-state index contributed by atoms with van der Waals surface area (Å²) in [7, 11) is 0. The number of nitrogens with one attached hydrogen (secondary N) is 1. The van der Waals surface area contributed by atoms with Crippen LogP contribution in [0.5, 0.6) is 5.75 Å². The van der Waals surface area contributed by atoms with Gasteiger partial charge in [-0.15, -0.1) is 0 Å². The number of halogens is 1. The van der Waals surface area contributed by atoms with Gasteiger partial charge >= 0.3 is 0 Å². The van der Waals surface area contributed by atoms with Crippen LogP contribution in [0.3, 0.4) is 0 Å². The third-order valence-electron chi connectivity index (χ3n) is 3.45. The van der Waals surface area contributed by atoms with Crippen LogP contribution in [0.15, 0.2) is 46.9 Å². The van der Waals surface area contributed by atoms with Crippen LogP contribution in [-0.4, -0.2) is 18.4 Å². The Kier molecular flexibility index (Phi) is 5.98. The molecule has 0 atom stereocenters. The van der Waals surface area contributed by atoms with E-state index in [1.807, 2.05) is 18.2 Å². The maximum absolute atomic E-state index is 12.0. The number of benzene rings is 2. The highest BCUT2D eigenvalue weighted by Crippen LogP contribution is 2.28. The zero-order valence-electron chi connectivity index (χ0n) is 13.5. The number of primary amides is 1. The SMILES string of the molecule is CC(C)c1ccc(OCC(=O)Nc2ccccc2C(N)=O)c(Br)c1. The van der Waals surface area contributed by atoms with E-state index in [0.717, 1.165) is 4.47 Å². The third kappa shape index (κ3) is 4.58. The molecule has 2 amide bonds. The van der Waals surface area contributed by atoms with Crippen molar-refractivity contribution >= 4 is 33.4 Å². The van der Waals surface area contributed by atoms with E-state index in [1.165, 1.54) is 5.56 Å². The average Bonchev–Trinajstić information content (AvgIpc) is 2.53. The molecule has 0 spiro atoms. The van der Waals surface area contributed by atoms with Crippen molar-refractivity contribution in [3.8, 4) is 5.75 Å². The van der Waals surface area contributed by atoms with E-state index in [-0.39, 0.29) is 18.1 Å². The number of hydrogen-bond acceptors (Lipinski definition) is 3. The maximum atomic E-state index is 12.0. The molecule has 0 fully saturated rings. The Morgan fingerprint density at radius 1 is 1.21 bits per heavy atom. The van der Waals surface area contributed by atoms with Crippen LogP contribution < -0.4 is 15.8 Å². The number of hydrogen-bond donors (Lipinski definition) is 2. The summed E-state index contributed by atoms with van der Waals surface area (Å²) < 4.78 is 6.32. The highest BCUT2D eigenvalue weighted by atomic mass is 79.9. The fraction of sp³-hybridized carbons (Fsp3) is 0.222. The largest absolute Gasteiger partial charge is 0.483 e. The van der Waals surface area contributed by atoms with Crippen molar-refractivity contribution in [1.82, 2.24) is 0 Å². The Labute approximate surface area is 149 Å². The van der Waals surface area contributed by atoms with Gasteiger partial charge in [-0.05, 0) is 51.7 Å². The lowest BCUT2D eigenvalue weighted by Crippen LogP contribution is -2.23. The summed E-state index contributed by atoms with van der Waals surface area (Å²) in [5.74, 6) is 0.0176. The van der Waals surface area contributed by atoms with E-state index in [2.05, 4.69) is 35.1 Å². The summed E-state index contributed by atoms with van der Waals surface area (Å²) in [6.45, 7) is 4.03. The number of ether oxygens (including phenoxy) is 1. The number of para-hydroxylation sites is 1. The zero-order valence-corrected chi connectivity index (χ0v) is 15.1. The van der Waals surface area contributed by atoms with Gasteiger partial charge in [-0.25, -0.2) is 0 Å². The summed E-state index contributed by atoms with van der Waals surface area (Å²) in [4.78, 5) is 23.4. The van der Waals surface area contributed by atoms with Crippen LogP contribution in [0.2, 0.25) is 0 Å². The van der Waals surface area contributed by atoms with E-state index < -0.39 is 5.91 Å². The van der Waals surface area contributed by atoms with E-state index in [9.17, 15) is 9.59 Å². The quantitative estimate of drug-likeness (QED) is 0.788. The molecule has 126 valence electrons. The molecule has 2 rings (SSSR count). The fourth-order valence-corrected chi connectivity index (χ4v) is 2.64. The third-order valence-corrected chi connectivity index (χ3v) is 4.07. The predicted molar refractivity (Wildman–Crippen MR) is 97.3 cm³/mol. The standard InChI is InChI=1S/C18H19BrN2O3/c1-11(2)12-7-8-16(14(19)9-12)24-10-17(22)21-15-6-4-3-5-13(15)18(20)23/h3-9,11H,10H2,1-2H3,(H2,20,23)(H,21,22). The summed E-state index contributed by atoms with van der Waals surface area (Å²) in [6.07, 6.45) is 0. The smallest absolute Gasteiger partial charge is 0.262 e. The van der Waals surface area contributed by atoms with Crippen molar-refractivity contribution in [2.45, 2.75) is 19.8 Å². The van der Waals surface area contributed by atoms with E-state index in [1.54, 1.807) is 24.3 Å². The summed E-state index contributed by atoms with van der Waals surface area (Å²) >= 11 is 3.45. The molecule has 0 radical (unpaired) electrons. The average molecular weight is 391 g/mol. The number of rotatable bonds is 6. The molecule has 0 aliphatic rings. The Balaban J connectivity index is 2.00. The molecule has 2 aromatic rings. The second-order valence-corrected chi connectivity index (χ2v) is 6.45. The van der Waals surface area contributed by atoms with Gasteiger partial charge in [0, 0.05) is 0 Å². The number of carbonyl (C=O) groups excluding carboxylic acids is 2. The van der Waals surface area contributed by atoms with Gasteiger partial charge in [-0.2, -0.15) is 0 Å². The van der Waals surface area contributed by atoms with Gasteiger partial charge in [0.25, 0.3) is 11.8 Å². The molecule has 0 aliphatic carbocycles. The molecule has 0 heterocycles.